The van der Waals surface area contributed by atoms with E-state index in [1.165, 1.54) is 0 Å². The molecule has 0 unspecified atom stereocenters. The Kier molecular flexibility index (Phi) is 4.31. The number of rotatable bonds is 3. The third kappa shape index (κ3) is 4.09. The van der Waals surface area contributed by atoms with E-state index < -0.39 is 0 Å². The van der Waals surface area contributed by atoms with E-state index in [0.29, 0.717) is 6.42 Å². The SMILES string of the molecule is Cc1ccc(C(=O)CCC(C)(C)C)cc1Br. The fourth-order valence-electron chi connectivity index (χ4n) is 1.40. The van der Waals surface area contributed by atoms with Gasteiger partial charge in [-0.3, -0.25) is 4.79 Å². The van der Waals surface area contributed by atoms with Crippen LogP contribution in [-0.4, -0.2) is 5.78 Å². The van der Waals surface area contributed by atoms with Crippen molar-refractivity contribution in [2.75, 3.05) is 0 Å². The summed E-state index contributed by atoms with van der Waals surface area (Å²) in [6.07, 6.45) is 1.55. The molecule has 1 rings (SSSR count). The van der Waals surface area contributed by atoms with Crippen molar-refractivity contribution in [3.8, 4) is 0 Å². The number of carbonyl (C=O) groups excluding carboxylic acids is 1. The largest absolute Gasteiger partial charge is 0.294 e. The zero-order chi connectivity index (χ0) is 12.3. The Morgan fingerprint density at radius 2 is 1.94 bits per heavy atom. The molecule has 88 valence electrons. The molecule has 0 heterocycles. The maximum atomic E-state index is 11.9. The number of ketones is 1. The molecular weight excluding hydrogens is 264 g/mol. The van der Waals surface area contributed by atoms with Crippen LogP contribution in [0.1, 0.15) is 49.5 Å². The minimum absolute atomic E-state index is 0.220. The van der Waals surface area contributed by atoms with Gasteiger partial charge >= 0.3 is 0 Å². The second kappa shape index (κ2) is 5.13. The predicted octanol–water partition coefficient (Wildman–Crippen LogP) is 4.77. The van der Waals surface area contributed by atoms with Crippen molar-refractivity contribution in [2.24, 2.45) is 5.41 Å². The van der Waals surface area contributed by atoms with Crippen molar-refractivity contribution in [2.45, 2.75) is 40.5 Å². The van der Waals surface area contributed by atoms with E-state index >= 15 is 0 Å². The van der Waals surface area contributed by atoms with Gasteiger partial charge in [-0.25, -0.2) is 0 Å². The van der Waals surface area contributed by atoms with Crippen LogP contribution in [0.3, 0.4) is 0 Å². The van der Waals surface area contributed by atoms with Crippen molar-refractivity contribution >= 4 is 21.7 Å². The molecule has 1 aromatic rings. The summed E-state index contributed by atoms with van der Waals surface area (Å²) in [6, 6.07) is 5.81. The van der Waals surface area contributed by atoms with Crippen LogP contribution in [0.4, 0.5) is 0 Å². The van der Waals surface area contributed by atoms with Gasteiger partial charge in [0.05, 0.1) is 0 Å². The number of halogens is 1. The number of hydrogen-bond donors (Lipinski definition) is 0. The first-order chi connectivity index (χ1) is 7.29. The predicted molar refractivity (Wildman–Crippen MR) is 71.9 cm³/mol. The summed E-state index contributed by atoms with van der Waals surface area (Å²) in [5, 5.41) is 0. The van der Waals surface area contributed by atoms with Crippen LogP contribution < -0.4 is 0 Å². The molecule has 16 heavy (non-hydrogen) atoms. The molecule has 0 atom stereocenters. The van der Waals surface area contributed by atoms with E-state index in [-0.39, 0.29) is 11.2 Å². The monoisotopic (exact) mass is 282 g/mol. The van der Waals surface area contributed by atoms with Gasteiger partial charge in [0.1, 0.15) is 0 Å². The highest BCUT2D eigenvalue weighted by atomic mass is 79.9. The quantitative estimate of drug-likeness (QED) is 0.730. The maximum Gasteiger partial charge on any atom is 0.162 e. The van der Waals surface area contributed by atoms with Gasteiger partial charge in [-0.1, -0.05) is 48.8 Å². The van der Waals surface area contributed by atoms with Gasteiger partial charge in [0.2, 0.25) is 0 Å². The normalized spacial score (nSPS) is 11.6. The molecule has 0 saturated heterocycles. The highest BCUT2D eigenvalue weighted by molar-refractivity contribution is 9.10. The minimum Gasteiger partial charge on any atom is -0.294 e. The van der Waals surface area contributed by atoms with Crippen molar-refractivity contribution in [1.29, 1.82) is 0 Å². The Balaban J connectivity index is 2.70. The molecule has 0 aromatic heterocycles. The molecule has 0 aliphatic carbocycles. The van der Waals surface area contributed by atoms with Gasteiger partial charge in [0.25, 0.3) is 0 Å². The lowest BCUT2D eigenvalue weighted by atomic mass is 9.88. The second-order valence-corrected chi connectivity index (χ2v) is 6.30. The molecular formula is C14H19BrO. The van der Waals surface area contributed by atoms with Crippen LogP contribution in [0.2, 0.25) is 0 Å². The number of Topliss-reactive ketones (excluding diaryl/α,β-unsaturated/α-hetero) is 1. The number of hydrogen-bond acceptors (Lipinski definition) is 1. The van der Waals surface area contributed by atoms with Crippen LogP contribution in [-0.2, 0) is 0 Å². The van der Waals surface area contributed by atoms with Crippen molar-refractivity contribution in [3.63, 3.8) is 0 Å². The summed E-state index contributed by atoms with van der Waals surface area (Å²) in [5.41, 5.74) is 2.19. The van der Waals surface area contributed by atoms with Crippen LogP contribution in [0.25, 0.3) is 0 Å². The van der Waals surface area contributed by atoms with Gasteiger partial charge in [0.15, 0.2) is 5.78 Å². The molecule has 2 heteroatoms. The van der Waals surface area contributed by atoms with E-state index in [1.807, 2.05) is 25.1 Å². The summed E-state index contributed by atoms with van der Waals surface area (Å²) in [4.78, 5) is 11.9. The molecule has 0 amide bonds. The third-order valence-corrected chi connectivity index (χ3v) is 3.45. The standard InChI is InChI=1S/C14H19BrO/c1-10-5-6-11(9-12(10)15)13(16)7-8-14(2,3)4/h5-6,9H,7-8H2,1-4H3. The lowest BCUT2D eigenvalue weighted by Crippen LogP contribution is -2.09. The molecule has 0 spiro atoms. The number of benzene rings is 1. The summed E-state index contributed by atoms with van der Waals surface area (Å²) in [5.74, 6) is 0.232. The van der Waals surface area contributed by atoms with Gasteiger partial charge in [-0.15, -0.1) is 0 Å². The molecule has 1 nitrogen and oxygen atoms in total. The smallest absolute Gasteiger partial charge is 0.162 e. The van der Waals surface area contributed by atoms with Crippen LogP contribution in [0.5, 0.6) is 0 Å². The zero-order valence-electron chi connectivity index (χ0n) is 10.4. The van der Waals surface area contributed by atoms with E-state index in [0.717, 1.165) is 22.0 Å². The Labute approximate surface area is 106 Å². The van der Waals surface area contributed by atoms with Crippen LogP contribution in [0.15, 0.2) is 22.7 Å². The number of carbonyl (C=O) groups is 1. The summed E-state index contributed by atoms with van der Waals surface area (Å²) >= 11 is 3.45. The minimum atomic E-state index is 0.220. The van der Waals surface area contributed by atoms with Crippen LogP contribution >= 0.6 is 15.9 Å². The van der Waals surface area contributed by atoms with Crippen molar-refractivity contribution < 1.29 is 4.79 Å². The van der Waals surface area contributed by atoms with Gasteiger partial charge < -0.3 is 0 Å². The highest BCUT2D eigenvalue weighted by Gasteiger charge is 2.14. The fraction of sp³-hybridized carbons (Fsp3) is 0.500. The first-order valence-corrected chi connectivity index (χ1v) is 6.38. The Morgan fingerprint density at radius 3 is 2.44 bits per heavy atom. The highest BCUT2D eigenvalue weighted by Crippen LogP contribution is 2.23. The first-order valence-electron chi connectivity index (χ1n) is 5.59. The average Bonchev–Trinajstić information content (AvgIpc) is 2.17. The fourth-order valence-corrected chi connectivity index (χ4v) is 1.78. The molecule has 0 bridgehead atoms. The maximum absolute atomic E-state index is 11.9. The van der Waals surface area contributed by atoms with E-state index in [2.05, 4.69) is 36.7 Å². The first kappa shape index (κ1) is 13.4. The third-order valence-electron chi connectivity index (χ3n) is 2.60. The van der Waals surface area contributed by atoms with E-state index in [9.17, 15) is 4.79 Å². The average molecular weight is 283 g/mol. The number of aryl methyl sites for hydroxylation is 1. The molecule has 0 N–H and O–H groups in total. The summed E-state index contributed by atoms with van der Waals surface area (Å²) in [6.45, 7) is 8.50. The molecule has 0 aliphatic heterocycles. The second-order valence-electron chi connectivity index (χ2n) is 5.45. The van der Waals surface area contributed by atoms with Crippen molar-refractivity contribution in [1.82, 2.24) is 0 Å². The van der Waals surface area contributed by atoms with Gasteiger partial charge in [0, 0.05) is 16.5 Å². The molecule has 0 saturated carbocycles. The van der Waals surface area contributed by atoms with Gasteiger partial charge in [-0.2, -0.15) is 0 Å². The lowest BCUT2D eigenvalue weighted by Gasteiger charge is -2.17. The van der Waals surface area contributed by atoms with Crippen molar-refractivity contribution in [3.05, 3.63) is 33.8 Å². The Morgan fingerprint density at radius 1 is 1.31 bits per heavy atom. The van der Waals surface area contributed by atoms with Crippen LogP contribution in [0, 0.1) is 12.3 Å². The molecule has 1 aromatic carbocycles. The summed E-state index contributed by atoms with van der Waals surface area (Å²) in [7, 11) is 0. The van der Waals surface area contributed by atoms with Gasteiger partial charge in [-0.05, 0) is 30.4 Å². The zero-order valence-corrected chi connectivity index (χ0v) is 12.0. The molecule has 0 aliphatic rings. The molecule has 0 fully saturated rings. The topological polar surface area (TPSA) is 17.1 Å². The lowest BCUT2D eigenvalue weighted by molar-refractivity contribution is 0.0966. The molecule has 0 radical (unpaired) electrons. The summed E-state index contributed by atoms with van der Waals surface area (Å²) < 4.78 is 1.01. The van der Waals surface area contributed by atoms with E-state index in [4.69, 9.17) is 0 Å². The van der Waals surface area contributed by atoms with E-state index in [1.54, 1.807) is 0 Å². The Bertz CT molecular complexity index is 388. The Hall–Kier alpha value is -0.630.